The molecule has 3 rings (SSSR count). The molecule has 0 N–H and O–H groups in total. The molecule has 0 saturated carbocycles. The number of alkyl halides is 3. The van der Waals surface area contributed by atoms with Gasteiger partial charge in [-0.25, -0.2) is 0 Å². The van der Waals surface area contributed by atoms with E-state index in [2.05, 4.69) is 15.9 Å². The average molecular weight is 371 g/mol. The number of halogens is 4. The minimum Gasteiger partial charge on any atom is -0.166 e. The predicted octanol–water partition coefficient (Wildman–Crippen LogP) is 6.38. The van der Waals surface area contributed by atoms with Crippen LogP contribution in [-0.4, -0.2) is 0 Å². The second kappa shape index (κ2) is 6.86. The topological polar surface area (TPSA) is 0 Å². The van der Waals surface area contributed by atoms with Gasteiger partial charge in [-0.2, -0.15) is 13.2 Å². The van der Waals surface area contributed by atoms with Gasteiger partial charge in [-0.05, 0) is 59.7 Å². The number of rotatable bonds is 1. The van der Waals surface area contributed by atoms with Gasteiger partial charge in [0.1, 0.15) is 0 Å². The van der Waals surface area contributed by atoms with Crippen LogP contribution in [0.5, 0.6) is 0 Å². The molecule has 0 heterocycles. The fourth-order valence-electron chi connectivity index (χ4n) is 2.79. The molecule has 1 aliphatic rings. The van der Waals surface area contributed by atoms with Crippen LogP contribution < -0.4 is 0 Å². The lowest BCUT2D eigenvalue weighted by Gasteiger charge is -2.09. The van der Waals surface area contributed by atoms with E-state index in [1.54, 1.807) is 6.07 Å². The highest BCUT2D eigenvalue weighted by molar-refractivity contribution is 9.10. The Balaban J connectivity index is 0.000000847. The third kappa shape index (κ3) is 3.72. The molecule has 22 heavy (non-hydrogen) atoms. The first-order valence-corrected chi connectivity index (χ1v) is 8.17. The van der Waals surface area contributed by atoms with E-state index in [-0.39, 0.29) is 5.92 Å². The van der Waals surface area contributed by atoms with Crippen LogP contribution in [0.2, 0.25) is 0 Å². The Morgan fingerprint density at radius 3 is 2.27 bits per heavy atom. The van der Waals surface area contributed by atoms with E-state index in [1.807, 2.05) is 38.1 Å². The molecule has 0 spiro atoms. The lowest BCUT2D eigenvalue weighted by molar-refractivity contribution is -0.137. The standard InChI is InChI=1S/C16H12BrF3.C2H6/c17-15-3-1-2-10(9-15)12-6-11-4-5-14(16(18,19)20)8-13(11)7-12;1-2/h1-5,8-9,12H,6-7H2;1-2H3. The Morgan fingerprint density at radius 1 is 0.955 bits per heavy atom. The summed E-state index contributed by atoms with van der Waals surface area (Å²) < 4.78 is 39.2. The molecule has 2 aromatic rings. The van der Waals surface area contributed by atoms with Gasteiger partial charge < -0.3 is 0 Å². The molecule has 4 heteroatoms. The van der Waals surface area contributed by atoms with Gasteiger partial charge in [0.2, 0.25) is 0 Å². The van der Waals surface area contributed by atoms with Crippen molar-refractivity contribution in [3.05, 3.63) is 69.2 Å². The second-order valence-electron chi connectivity index (χ2n) is 5.14. The van der Waals surface area contributed by atoms with Gasteiger partial charge in [-0.1, -0.05) is 48.0 Å². The van der Waals surface area contributed by atoms with Crippen molar-refractivity contribution in [1.29, 1.82) is 0 Å². The monoisotopic (exact) mass is 370 g/mol. The van der Waals surface area contributed by atoms with Gasteiger partial charge in [0, 0.05) is 4.47 Å². The van der Waals surface area contributed by atoms with Gasteiger partial charge in [0.25, 0.3) is 0 Å². The van der Waals surface area contributed by atoms with Gasteiger partial charge in [-0.15, -0.1) is 0 Å². The van der Waals surface area contributed by atoms with Crippen molar-refractivity contribution in [1.82, 2.24) is 0 Å². The SMILES string of the molecule is CC.FC(F)(F)c1ccc2c(c1)CC(c1cccc(Br)c1)C2. The largest absolute Gasteiger partial charge is 0.416 e. The fourth-order valence-corrected chi connectivity index (χ4v) is 3.21. The first kappa shape index (κ1) is 17.1. The molecule has 1 unspecified atom stereocenters. The zero-order chi connectivity index (χ0) is 16.3. The number of benzene rings is 2. The molecule has 1 atom stereocenters. The van der Waals surface area contributed by atoms with Crippen LogP contribution in [0.3, 0.4) is 0 Å². The summed E-state index contributed by atoms with van der Waals surface area (Å²) in [4.78, 5) is 0. The second-order valence-corrected chi connectivity index (χ2v) is 6.06. The molecule has 0 fully saturated rings. The fraction of sp³-hybridized carbons (Fsp3) is 0.333. The summed E-state index contributed by atoms with van der Waals surface area (Å²) >= 11 is 3.43. The van der Waals surface area contributed by atoms with E-state index >= 15 is 0 Å². The molecule has 0 saturated heterocycles. The van der Waals surface area contributed by atoms with Crippen molar-refractivity contribution in [2.24, 2.45) is 0 Å². The number of hydrogen-bond acceptors (Lipinski definition) is 0. The Hall–Kier alpha value is -1.29. The molecule has 0 radical (unpaired) electrons. The molecule has 1 aliphatic carbocycles. The summed E-state index contributed by atoms with van der Waals surface area (Å²) in [5.41, 5.74) is 2.48. The average Bonchev–Trinajstić information content (AvgIpc) is 2.91. The van der Waals surface area contributed by atoms with Crippen molar-refractivity contribution < 1.29 is 13.2 Å². The van der Waals surface area contributed by atoms with E-state index in [1.165, 1.54) is 17.7 Å². The summed E-state index contributed by atoms with van der Waals surface area (Å²) in [5, 5.41) is 0. The van der Waals surface area contributed by atoms with Crippen molar-refractivity contribution in [2.75, 3.05) is 0 Å². The van der Waals surface area contributed by atoms with Crippen LogP contribution in [0.4, 0.5) is 13.2 Å². The Kier molecular flexibility index (Phi) is 5.32. The van der Waals surface area contributed by atoms with Gasteiger partial charge >= 0.3 is 6.18 Å². The molecule has 0 aliphatic heterocycles. The summed E-state index contributed by atoms with van der Waals surface area (Å²) in [6.45, 7) is 4.00. The van der Waals surface area contributed by atoms with Crippen molar-refractivity contribution in [3.63, 3.8) is 0 Å². The molecular weight excluding hydrogens is 353 g/mol. The van der Waals surface area contributed by atoms with Crippen LogP contribution >= 0.6 is 15.9 Å². The van der Waals surface area contributed by atoms with Gasteiger partial charge in [0.05, 0.1) is 5.56 Å². The maximum absolute atomic E-state index is 12.7. The molecule has 0 amide bonds. The van der Waals surface area contributed by atoms with Crippen LogP contribution in [0.1, 0.15) is 42.0 Å². The van der Waals surface area contributed by atoms with Crippen LogP contribution in [0.25, 0.3) is 0 Å². The van der Waals surface area contributed by atoms with Crippen molar-refractivity contribution in [3.8, 4) is 0 Å². The van der Waals surface area contributed by atoms with Crippen molar-refractivity contribution in [2.45, 2.75) is 38.8 Å². The van der Waals surface area contributed by atoms with E-state index in [0.717, 1.165) is 22.0 Å². The smallest absolute Gasteiger partial charge is 0.166 e. The third-order valence-corrected chi connectivity index (χ3v) is 4.28. The van der Waals surface area contributed by atoms with E-state index in [0.29, 0.717) is 6.42 Å². The van der Waals surface area contributed by atoms with E-state index in [9.17, 15) is 13.2 Å². The molecule has 2 aromatic carbocycles. The van der Waals surface area contributed by atoms with Gasteiger partial charge in [0.15, 0.2) is 0 Å². The van der Waals surface area contributed by atoms with Gasteiger partial charge in [-0.3, -0.25) is 0 Å². The third-order valence-electron chi connectivity index (χ3n) is 3.79. The normalized spacial score (nSPS) is 16.7. The summed E-state index contributed by atoms with van der Waals surface area (Å²) in [7, 11) is 0. The predicted molar refractivity (Wildman–Crippen MR) is 87.1 cm³/mol. The first-order chi connectivity index (χ1) is 10.4. The molecule has 0 aromatic heterocycles. The summed E-state index contributed by atoms with van der Waals surface area (Å²) in [6.07, 6.45) is -2.78. The van der Waals surface area contributed by atoms with Crippen LogP contribution in [0, 0.1) is 0 Å². The zero-order valence-corrected chi connectivity index (χ0v) is 14.1. The quantitative estimate of drug-likeness (QED) is 0.546. The highest BCUT2D eigenvalue weighted by Gasteiger charge is 2.32. The summed E-state index contributed by atoms with van der Waals surface area (Å²) in [6, 6.07) is 12.1. The van der Waals surface area contributed by atoms with Crippen LogP contribution in [0.15, 0.2) is 46.9 Å². The van der Waals surface area contributed by atoms with E-state index in [4.69, 9.17) is 0 Å². The molecule has 0 bridgehead atoms. The lowest BCUT2D eigenvalue weighted by Crippen LogP contribution is -2.05. The Bertz CT molecular complexity index is 647. The minimum absolute atomic E-state index is 0.269. The minimum atomic E-state index is -4.26. The lowest BCUT2D eigenvalue weighted by atomic mass is 9.96. The molecule has 118 valence electrons. The van der Waals surface area contributed by atoms with Crippen molar-refractivity contribution >= 4 is 15.9 Å². The first-order valence-electron chi connectivity index (χ1n) is 7.38. The molecular formula is C18H18BrF3. The molecule has 0 nitrogen and oxygen atoms in total. The Morgan fingerprint density at radius 2 is 1.64 bits per heavy atom. The number of fused-ring (bicyclic) bond motifs is 1. The van der Waals surface area contributed by atoms with Crippen LogP contribution in [-0.2, 0) is 19.0 Å². The summed E-state index contributed by atoms with van der Waals surface area (Å²) in [5.74, 6) is 0.269. The zero-order valence-electron chi connectivity index (χ0n) is 12.5. The number of hydrogen-bond donors (Lipinski definition) is 0. The van der Waals surface area contributed by atoms with E-state index < -0.39 is 11.7 Å². The highest BCUT2D eigenvalue weighted by atomic mass is 79.9. The Labute approximate surface area is 137 Å². The maximum Gasteiger partial charge on any atom is 0.416 e. The highest BCUT2D eigenvalue weighted by Crippen LogP contribution is 2.38. The maximum atomic E-state index is 12.7.